The molecule has 0 amide bonds. The van der Waals surface area contributed by atoms with E-state index in [1.54, 1.807) is 0 Å². The molecule has 0 aromatic heterocycles. The van der Waals surface area contributed by atoms with Gasteiger partial charge in [0.15, 0.2) is 0 Å². The molecule has 1 heterocycles. The van der Waals surface area contributed by atoms with Gasteiger partial charge in [0.2, 0.25) is 0 Å². The van der Waals surface area contributed by atoms with Gasteiger partial charge in [-0.2, -0.15) is 0 Å². The van der Waals surface area contributed by atoms with Gasteiger partial charge in [-0.15, -0.1) is 0 Å². The van der Waals surface area contributed by atoms with Crippen LogP contribution < -0.4 is 5.32 Å². The van der Waals surface area contributed by atoms with E-state index in [0.29, 0.717) is 5.41 Å². The van der Waals surface area contributed by atoms with E-state index in [0.717, 1.165) is 19.1 Å². The summed E-state index contributed by atoms with van der Waals surface area (Å²) in [6.07, 6.45) is 6.86. The van der Waals surface area contributed by atoms with Crippen molar-refractivity contribution in [3.05, 3.63) is 0 Å². The highest BCUT2D eigenvalue weighted by molar-refractivity contribution is 4.90. The maximum atomic E-state index is 6.11. The average molecular weight is 211 g/mol. The molecule has 88 valence electrons. The first-order chi connectivity index (χ1) is 7.02. The summed E-state index contributed by atoms with van der Waals surface area (Å²) in [7, 11) is 0. The van der Waals surface area contributed by atoms with Crippen LogP contribution in [0.1, 0.15) is 52.9 Å². The van der Waals surface area contributed by atoms with Crippen LogP contribution in [0.15, 0.2) is 0 Å². The fraction of sp³-hybridized carbons (Fsp3) is 1.00. The van der Waals surface area contributed by atoms with Crippen molar-refractivity contribution in [1.29, 1.82) is 0 Å². The lowest BCUT2D eigenvalue weighted by Crippen LogP contribution is -2.59. The highest BCUT2D eigenvalue weighted by Crippen LogP contribution is 2.37. The molecule has 2 heteroatoms. The van der Waals surface area contributed by atoms with Crippen molar-refractivity contribution in [1.82, 2.24) is 5.32 Å². The molecule has 1 N–H and O–H groups in total. The van der Waals surface area contributed by atoms with Gasteiger partial charge in [-0.3, -0.25) is 5.32 Å². The number of hydrogen-bond acceptors (Lipinski definition) is 2. The van der Waals surface area contributed by atoms with Crippen LogP contribution in [-0.4, -0.2) is 18.9 Å². The van der Waals surface area contributed by atoms with Crippen LogP contribution in [0.3, 0.4) is 0 Å². The van der Waals surface area contributed by atoms with E-state index in [1.807, 2.05) is 0 Å². The van der Waals surface area contributed by atoms with Gasteiger partial charge in [0.05, 0.1) is 6.61 Å². The van der Waals surface area contributed by atoms with Crippen LogP contribution in [0, 0.1) is 11.3 Å². The predicted octanol–water partition coefficient (Wildman–Crippen LogP) is 2.93. The molecule has 2 rings (SSSR count). The van der Waals surface area contributed by atoms with Gasteiger partial charge in [0.1, 0.15) is 5.72 Å². The minimum atomic E-state index is -0.0457. The number of nitrogens with one attached hydrogen (secondary N) is 1. The van der Waals surface area contributed by atoms with E-state index in [4.69, 9.17) is 4.74 Å². The molecule has 1 saturated heterocycles. The van der Waals surface area contributed by atoms with Crippen LogP contribution in [0.25, 0.3) is 0 Å². The summed E-state index contributed by atoms with van der Waals surface area (Å²) < 4.78 is 6.11. The third-order valence-corrected chi connectivity index (χ3v) is 4.06. The van der Waals surface area contributed by atoms with Crippen LogP contribution in [-0.2, 0) is 4.74 Å². The van der Waals surface area contributed by atoms with Crippen LogP contribution in [0.4, 0.5) is 0 Å². The Morgan fingerprint density at radius 1 is 1.07 bits per heavy atom. The lowest BCUT2D eigenvalue weighted by Gasteiger charge is -2.47. The summed E-state index contributed by atoms with van der Waals surface area (Å²) in [5, 5.41) is 3.63. The van der Waals surface area contributed by atoms with E-state index in [1.165, 1.54) is 32.1 Å². The summed E-state index contributed by atoms with van der Waals surface area (Å²) in [6.45, 7) is 8.76. The second kappa shape index (κ2) is 4.06. The van der Waals surface area contributed by atoms with Gasteiger partial charge in [-0.05, 0) is 19.8 Å². The summed E-state index contributed by atoms with van der Waals surface area (Å²) in [4.78, 5) is 0. The number of hydrogen-bond donors (Lipinski definition) is 1. The van der Waals surface area contributed by atoms with Crippen molar-refractivity contribution >= 4 is 0 Å². The number of ether oxygens (including phenoxy) is 1. The third kappa shape index (κ3) is 2.54. The molecule has 2 nitrogen and oxygen atoms in total. The summed E-state index contributed by atoms with van der Waals surface area (Å²) in [5.41, 5.74) is 0.254. The Labute approximate surface area is 93.8 Å². The Hall–Kier alpha value is -0.0800. The van der Waals surface area contributed by atoms with Crippen molar-refractivity contribution in [3.63, 3.8) is 0 Å². The first kappa shape index (κ1) is 11.4. The molecule has 15 heavy (non-hydrogen) atoms. The van der Waals surface area contributed by atoms with Crippen LogP contribution in [0.2, 0.25) is 0 Å². The molecule has 1 atom stereocenters. The Morgan fingerprint density at radius 3 is 2.27 bits per heavy atom. The zero-order chi connectivity index (χ0) is 10.9. The topological polar surface area (TPSA) is 21.3 Å². The minimum Gasteiger partial charge on any atom is -0.360 e. The van der Waals surface area contributed by atoms with E-state index >= 15 is 0 Å². The van der Waals surface area contributed by atoms with Gasteiger partial charge in [-0.25, -0.2) is 0 Å². The van der Waals surface area contributed by atoms with E-state index in [9.17, 15) is 0 Å². The second-order valence-corrected chi connectivity index (χ2v) is 6.25. The molecule has 1 saturated carbocycles. The average Bonchev–Trinajstić information content (AvgIpc) is 2.24. The molecule has 0 radical (unpaired) electrons. The van der Waals surface area contributed by atoms with Crippen molar-refractivity contribution in [2.24, 2.45) is 11.3 Å². The SMILES string of the molecule is CC1(C)CNC(C)(C2CCCCC2)OC1. The zero-order valence-corrected chi connectivity index (χ0v) is 10.4. The molecule has 2 fully saturated rings. The third-order valence-electron chi connectivity index (χ3n) is 4.06. The molecular formula is C13H25NO. The van der Waals surface area contributed by atoms with Gasteiger partial charge >= 0.3 is 0 Å². The largest absolute Gasteiger partial charge is 0.360 e. The van der Waals surface area contributed by atoms with Crippen molar-refractivity contribution in [2.75, 3.05) is 13.2 Å². The van der Waals surface area contributed by atoms with Crippen molar-refractivity contribution in [3.8, 4) is 0 Å². The normalized spacial score (nSPS) is 37.8. The lowest BCUT2D eigenvalue weighted by molar-refractivity contribution is -0.162. The van der Waals surface area contributed by atoms with Gasteiger partial charge < -0.3 is 4.74 Å². The van der Waals surface area contributed by atoms with Gasteiger partial charge in [0.25, 0.3) is 0 Å². The molecule has 1 unspecified atom stereocenters. The minimum absolute atomic E-state index is 0.0457. The highest BCUT2D eigenvalue weighted by atomic mass is 16.5. The first-order valence-corrected chi connectivity index (χ1v) is 6.41. The molecule has 2 aliphatic rings. The smallest absolute Gasteiger partial charge is 0.119 e. The Morgan fingerprint density at radius 2 is 1.73 bits per heavy atom. The molecule has 0 bridgehead atoms. The fourth-order valence-corrected chi connectivity index (χ4v) is 2.78. The fourth-order valence-electron chi connectivity index (χ4n) is 2.78. The maximum Gasteiger partial charge on any atom is 0.119 e. The summed E-state index contributed by atoms with van der Waals surface area (Å²) in [5.74, 6) is 0.724. The monoisotopic (exact) mass is 211 g/mol. The Balaban J connectivity index is 1.95. The molecule has 0 aromatic carbocycles. The van der Waals surface area contributed by atoms with Crippen molar-refractivity contribution in [2.45, 2.75) is 58.6 Å². The summed E-state index contributed by atoms with van der Waals surface area (Å²) in [6, 6.07) is 0. The Kier molecular flexibility index (Phi) is 3.09. The molecule has 0 aromatic rings. The maximum absolute atomic E-state index is 6.11. The zero-order valence-electron chi connectivity index (χ0n) is 10.4. The van der Waals surface area contributed by atoms with Gasteiger partial charge in [0, 0.05) is 17.9 Å². The molecular weight excluding hydrogens is 186 g/mol. The van der Waals surface area contributed by atoms with E-state index in [2.05, 4.69) is 26.1 Å². The van der Waals surface area contributed by atoms with Crippen LogP contribution >= 0.6 is 0 Å². The van der Waals surface area contributed by atoms with Crippen molar-refractivity contribution < 1.29 is 4.74 Å². The Bertz CT molecular complexity index is 209. The molecule has 1 aliphatic heterocycles. The highest BCUT2D eigenvalue weighted by Gasteiger charge is 2.41. The lowest BCUT2D eigenvalue weighted by atomic mass is 9.80. The molecule has 0 spiro atoms. The van der Waals surface area contributed by atoms with Gasteiger partial charge in [-0.1, -0.05) is 33.1 Å². The van der Waals surface area contributed by atoms with E-state index < -0.39 is 0 Å². The van der Waals surface area contributed by atoms with E-state index in [-0.39, 0.29) is 5.72 Å². The second-order valence-electron chi connectivity index (χ2n) is 6.25. The quantitative estimate of drug-likeness (QED) is 0.720. The predicted molar refractivity (Wildman–Crippen MR) is 62.7 cm³/mol. The summed E-state index contributed by atoms with van der Waals surface area (Å²) >= 11 is 0. The number of rotatable bonds is 1. The van der Waals surface area contributed by atoms with Crippen LogP contribution in [0.5, 0.6) is 0 Å². The molecule has 1 aliphatic carbocycles. The standard InChI is InChI=1S/C13H25NO/c1-12(2)9-14-13(3,15-10-12)11-7-5-4-6-8-11/h11,14H,4-10H2,1-3H3. The first-order valence-electron chi connectivity index (χ1n) is 6.41.